The second-order valence-electron chi connectivity index (χ2n) is 6.28. The van der Waals surface area contributed by atoms with Crippen molar-refractivity contribution in [2.75, 3.05) is 26.0 Å². The second-order valence-corrected chi connectivity index (χ2v) is 6.28. The predicted molar refractivity (Wildman–Crippen MR) is 103 cm³/mol. The van der Waals surface area contributed by atoms with Crippen molar-refractivity contribution in [1.29, 1.82) is 0 Å². The zero-order valence-electron chi connectivity index (χ0n) is 15.8. The highest BCUT2D eigenvalue weighted by Crippen LogP contribution is 2.19. The molecule has 1 N–H and O–H groups in total. The number of anilines is 1. The van der Waals surface area contributed by atoms with Crippen LogP contribution in [0.3, 0.4) is 0 Å². The molecule has 0 bridgehead atoms. The van der Waals surface area contributed by atoms with Gasteiger partial charge in [-0.25, -0.2) is 0 Å². The standard InChI is InChI=1S/C20H20N4O4/c1-13-21-20(28-23-13)15-6-4-14(5-7-15)19(26)22-16-8-10-17(11-9-16)27-12-18(25)24(2)3/h4-11H,12H2,1-3H3,(H,22,26). The van der Waals surface area contributed by atoms with Crippen molar-refractivity contribution in [3.8, 4) is 17.2 Å². The van der Waals surface area contributed by atoms with Gasteiger partial charge < -0.3 is 19.5 Å². The van der Waals surface area contributed by atoms with E-state index < -0.39 is 0 Å². The van der Waals surface area contributed by atoms with Crippen molar-refractivity contribution >= 4 is 17.5 Å². The SMILES string of the molecule is Cc1noc(-c2ccc(C(=O)Nc3ccc(OCC(=O)N(C)C)cc3)cc2)n1. The molecule has 2 amide bonds. The van der Waals surface area contributed by atoms with Crippen molar-refractivity contribution in [3.05, 3.63) is 59.9 Å². The Morgan fingerprint density at radius 1 is 1.07 bits per heavy atom. The number of aromatic nitrogens is 2. The molecule has 2 aromatic carbocycles. The zero-order chi connectivity index (χ0) is 20.1. The van der Waals surface area contributed by atoms with E-state index >= 15 is 0 Å². The molecule has 0 radical (unpaired) electrons. The summed E-state index contributed by atoms with van der Waals surface area (Å²) in [4.78, 5) is 29.5. The van der Waals surface area contributed by atoms with E-state index in [1.807, 2.05) is 0 Å². The highest BCUT2D eigenvalue weighted by Gasteiger charge is 2.10. The quantitative estimate of drug-likeness (QED) is 0.706. The molecule has 1 heterocycles. The van der Waals surface area contributed by atoms with Crippen molar-refractivity contribution in [2.24, 2.45) is 0 Å². The summed E-state index contributed by atoms with van der Waals surface area (Å²) < 4.78 is 10.5. The van der Waals surface area contributed by atoms with Gasteiger partial charge in [-0.3, -0.25) is 9.59 Å². The first-order chi connectivity index (χ1) is 13.4. The Balaban J connectivity index is 1.59. The number of nitrogens with zero attached hydrogens (tertiary/aromatic N) is 3. The first-order valence-corrected chi connectivity index (χ1v) is 8.57. The van der Waals surface area contributed by atoms with Gasteiger partial charge in [0.05, 0.1) is 0 Å². The third-order valence-electron chi connectivity index (χ3n) is 3.89. The molecule has 8 heteroatoms. The number of aryl methyl sites for hydroxylation is 1. The Bertz CT molecular complexity index is 963. The predicted octanol–water partition coefficient (Wildman–Crippen LogP) is 2.76. The molecule has 0 aliphatic heterocycles. The van der Waals surface area contributed by atoms with Crippen molar-refractivity contribution in [1.82, 2.24) is 15.0 Å². The number of amides is 2. The molecule has 28 heavy (non-hydrogen) atoms. The molecule has 0 fully saturated rings. The van der Waals surface area contributed by atoms with Gasteiger partial charge in [0.2, 0.25) is 0 Å². The number of benzene rings is 2. The first kappa shape index (κ1) is 19.1. The van der Waals surface area contributed by atoms with Crippen LogP contribution in [0.15, 0.2) is 53.1 Å². The van der Waals surface area contributed by atoms with Crippen LogP contribution in [-0.4, -0.2) is 47.6 Å². The van der Waals surface area contributed by atoms with Crippen LogP contribution in [0.25, 0.3) is 11.5 Å². The Morgan fingerprint density at radius 3 is 2.32 bits per heavy atom. The fourth-order valence-electron chi connectivity index (χ4n) is 2.29. The normalized spacial score (nSPS) is 10.4. The summed E-state index contributed by atoms with van der Waals surface area (Å²) >= 11 is 0. The molecular formula is C20H20N4O4. The molecule has 0 aliphatic carbocycles. The van der Waals surface area contributed by atoms with E-state index in [4.69, 9.17) is 9.26 Å². The summed E-state index contributed by atoms with van der Waals surface area (Å²) in [5.41, 5.74) is 1.86. The van der Waals surface area contributed by atoms with Gasteiger partial charge >= 0.3 is 0 Å². The van der Waals surface area contributed by atoms with Crippen LogP contribution in [0.1, 0.15) is 16.2 Å². The molecule has 1 aromatic heterocycles. The summed E-state index contributed by atoms with van der Waals surface area (Å²) in [5, 5.41) is 6.56. The van der Waals surface area contributed by atoms with E-state index in [0.717, 1.165) is 5.56 Å². The molecule has 3 aromatic rings. The molecule has 0 saturated carbocycles. The average molecular weight is 380 g/mol. The van der Waals surface area contributed by atoms with Crippen LogP contribution in [-0.2, 0) is 4.79 Å². The third-order valence-corrected chi connectivity index (χ3v) is 3.89. The van der Waals surface area contributed by atoms with Crippen LogP contribution >= 0.6 is 0 Å². The number of ether oxygens (including phenoxy) is 1. The molecule has 0 unspecified atom stereocenters. The minimum absolute atomic E-state index is 0.0371. The topological polar surface area (TPSA) is 97.6 Å². The summed E-state index contributed by atoms with van der Waals surface area (Å²) in [6, 6.07) is 13.7. The zero-order valence-corrected chi connectivity index (χ0v) is 15.8. The van der Waals surface area contributed by atoms with Gasteiger partial charge in [-0.1, -0.05) is 5.16 Å². The van der Waals surface area contributed by atoms with E-state index in [1.165, 1.54) is 4.90 Å². The van der Waals surface area contributed by atoms with Gasteiger partial charge in [-0.15, -0.1) is 0 Å². The fraction of sp³-hybridized carbons (Fsp3) is 0.200. The molecule has 0 spiro atoms. The second kappa shape index (κ2) is 8.34. The highest BCUT2D eigenvalue weighted by atomic mass is 16.5. The van der Waals surface area contributed by atoms with Gasteiger partial charge in [0, 0.05) is 30.9 Å². The summed E-state index contributed by atoms with van der Waals surface area (Å²) in [5.74, 6) is 1.14. The lowest BCUT2D eigenvalue weighted by atomic mass is 10.1. The average Bonchev–Trinajstić information content (AvgIpc) is 3.13. The highest BCUT2D eigenvalue weighted by molar-refractivity contribution is 6.04. The number of carbonyl (C=O) groups is 2. The van der Waals surface area contributed by atoms with Gasteiger partial charge in [0.15, 0.2) is 12.4 Å². The first-order valence-electron chi connectivity index (χ1n) is 8.57. The lowest BCUT2D eigenvalue weighted by Gasteiger charge is -2.11. The number of hydrogen-bond acceptors (Lipinski definition) is 6. The molecule has 144 valence electrons. The van der Waals surface area contributed by atoms with Gasteiger partial charge in [-0.05, 0) is 55.5 Å². The van der Waals surface area contributed by atoms with E-state index in [9.17, 15) is 9.59 Å². The third kappa shape index (κ3) is 4.73. The smallest absolute Gasteiger partial charge is 0.259 e. The number of carbonyl (C=O) groups excluding carboxylic acids is 2. The lowest BCUT2D eigenvalue weighted by Crippen LogP contribution is -2.27. The largest absolute Gasteiger partial charge is 0.484 e. The van der Waals surface area contributed by atoms with Crippen molar-refractivity contribution < 1.29 is 18.8 Å². The lowest BCUT2D eigenvalue weighted by molar-refractivity contribution is -0.130. The number of likely N-dealkylation sites (N-methyl/N-ethyl adjacent to an activating group) is 1. The van der Waals surface area contributed by atoms with Crippen LogP contribution in [0.2, 0.25) is 0 Å². The summed E-state index contributed by atoms with van der Waals surface area (Å²) in [7, 11) is 3.33. The molecular weight excluding hydrogens is 360 g/mol. The molecule has 0 atom stereocenters. The molecule has 8 nitrogen and oxygen atoms in total. The Morgan fingerprint density at radius 2 is 1.75 bits per heavy atom. The van der Waals surface area contributed by atoms with Gasteiger partial charge in [-0.2, -0.15) is 4.98 Å². The number of rotatable bonds is 6. The fourth-order valence-corrected chi connectivity index (χ4v) is 2.29. The minimum atomic E-state index is -0.246. The van der Waals surface area contributed by atoms with Crippen LogP contribution in [0.5, 0.6) is 5.75 Å². The molecule has 3 rings (SSSR count). The van der Waals surface area contributed by atoms with E-state index in [1.54, 1.807) is 69.6 Å². The monoisotopic (exact) mass is 380 g/mol. The summed E-state index contributed by atoms with van der Waals surface area (Å²) in [6.07, 6.45) is 0. The van der Waals surface area contributed by atoms with E-state index in [0.29, 0.717) is 28.7 Å². The Labute approximate surface area is 162 Å². The number of hydrogen-bond donors (Lipinski definition) is 1. The Kier molecular flexibility index (Phi) is 5.69. The van der Waals surface area contributed by atoms with E-state index in [-0.39, 0.29) is 18.4 Å². The molecule has 0 aliphatic rings. The molecule has 0 saturated heterocycles. The van der Waals surface area contributed by atoms with Crippen LogP contribution in [0, 0.1) is 6.92 Å². The maximum Gasteiger partial charge on any atom is 0.259 e. The Hall–Kier alpha value is -3.68. The van der Waals surface area contributed by atoms with Crippen molar-refractivity contribution in [2.45, 2.75) is 6.92 Å². The number of nitrogens with one attached hydrogen (secondary N) is 1. The van der Waals surface area contributed by atoms with Crippen LogP contribution in [0.4, 0.5) is 5.69 Å². The van der Waals surface area contributed by atoms with Crippen LogP contribution < -0.4 is 10.1 Å². The van der Waals surface area contributed by atoms with Gasteiger partial charge in [0.25, 0.3) is 17.7 Å². The maximum atomic E-state index is 12.4. The summed E-state index contributed by atoms with van der Waals surface area (Å²) in [6.45, 7) is 1.70. The maximum absolute atomic E-state index is 12.4. The van der Waals surface area contributed by atoms with E-state index in [2.05, 4.69) is 15.5 Å². The van der Waals surface area contributed by atoms with Crippen molar-refractivity contribution in [3.63, 3.8) is 0 Å². The minimum Gasteiger partial charge on any atom is -0.484 e. The van der Waals surface area contributed by atoms with Gasteiger partial charge in [0.1, 0.15) is 5.75 Å².